The van der Waals surface area contributed by atoms with Crippen molar-refractivity contribution in [3.05, 3.63) is 122 Å². The summed E-state index contributed by atoms with van der Waals surface area (Å²) in [7, 11) is 0. The van der Waals surface area contributed by atoms with Gasteiger partial charge >= 0.3 is 0 Å². The largest absolute Gasteiger partial charge is 0.456 e. The molecule has 3 aromatic carbocycles. The number of pyridine rings is 4. The second-order valence-corrected chi connectivity index (χ2v) is 11.6. The molecule has 0 fully saturated rings. The molecule has 0 saturated carbocycles. The number of benzene rings is 3. The van der Waals surface area contributed by atoms with E-state index in [2.05, 4.69) is 77.6 Å². The summed E-state index contributed by atoms with van der Waals surface area (Å²) in [6.45, 7) is 0. The van der Waals surface area contributed by atoms with Crippen LogP contribution in [-0.4, -0.2) is 29.1 Å². The van der Waals surface area contributed by atoms with Gasteiger partial charge < -0.3 is 18.0 Å². The molecule has 8 heterocycles. The summed E-state index contributed by atoms with van der Waals surface area (Å²) in [4.78, 5) is 18.1. The lowest BCUT2D eigenvalue weighted by Crippen LogP contribution is -1.93. The fourth-order valence-corrected chi connectivity index (χ4v) is 7.21. The van der Waals surface area contributed by atoms with Crippen LogP contribution in [0.5, 0.6) is 0 Å². The Kier molecular flexibility index (Phi) is 4.43. The molecule has 11 aromatic rings. The molecular weight excluding hydrogens is 572 g/mol. The van der Waals surface area contributed by atoms with Gasteiger partial charge in [-0.25, -0.2) is 0 Å². The maximum absolute atomic E-state index is 6.45. The lowest BCUT2D eigenvalue weighted by atomic mass is 10.1. The monoisotopic (exact) mass is 592 g/mol. The third-order valence-corrected chi connectivity index (χ3v) is 9.19. The Morgan fingerprint density at radius 1 is 0.413 bits per heavy atom. The maximum Gasteiger partial charge on any atom is 0.136 e. The molecule has 0 N–H and O–H groups in total. The van der Waals surface area contributed by atoms with Crippen LogP contribution in [0.4, 0.5) is 0 Å². The van der Waals surface area contributed by atoms with Crippen molar-refractivity contribution in [1.82, 2.24) is 29.1 Å². The van der Waals surface area contributed by atoms with Gasteiger partial charge in [0.2, 0.25) is 0 Å². The highest BCUT2D eigenvalue weighted by molar-refractivity contribution is 6.16. The first-order valence-corrected chi connectivity index (χ1v) is 15.0. The van der Waals surface area contributed by atoms with Gasteiger partial charge in [0.25, 0.3) is 0 Å². The average molecular weight is 593 g/mol. The molecule has 0 saturated heterocycles. The zero-order valence-corrected chi connectivity index (χ0v) is 24.0. The average Bonchev–Trinajstić information content (AvgIpc) is 3.84. The van der Waals surface area contributed by atoms with E-state index in [0.29, 0.717) is 0 Å². The summed E-state index contributed by atoms with van der Waals surface area (Å²) < 4.78 is 17.4. The number of hydrogen-bond acceptors (Lipinski definition) is 6. The Labute approximate surface area is 258 Å². The first kappa shape index (κ1) is 23.9. The molecule has 0 spiro atoms. The van der Waals surface area contributed by atoms with Crippen molar-refractivity contribution in [2.75, 3.05) is 0 Å². The summed E-state index contributed by atoms with van der Waals surface area (Å²) in [6.07, 6.45) is 11.1. The quantitative estimate of drug-likeness (QED) is 0.199. The molecule has 8 aromatic heterocycles. The lowest BCUT2D eigenvalue weighted by molar-refractivity contribution is 0.664. The number of nitrogens with zero attached hydrogens (tertiary/aromatic N) is 6. The van der Waals surface area contributed by atoms with Crippen LogP contribution in [0.25, 0.3) is 99.1 Å². The molecule has 8 nitrogen and oxygen atoms in total. The molecule has 0 unspecified atom stereocenters. The van der Waals surface area contributed by atoms with Gasteiger partial charge in [-0.2, -0.15) is 0 Å². The summed E-state index contributed by atoms with van der Waals surface area (Å²) in [5.41, 5.74) is 11.4. The Morgan fingerprint density at radius 3 is 1.39 bits per heavy atom. The molecule has 214 valence electrons. The molecule has 0 bridgehead atoms. The zero-order chi connectivity index (χ0) is 29.9. The van der Waals surface area contributed by atoms with Crippen LogP contribution in [0.1, 0.15) is 0 Å². The third kappa shape index (κ3) is 3.07. The van der Waals surface area contributed by atoms with E-state index in [1.165, 1.54) is 0 Å². The van der Waals surface area contributed by atoms with Crippen molar-refractivity contribution < 1.29 is 8.83 Å². The van der Waals surface area contributed by atoms with Gasteiger partial charge in [0.15, 0.2) is 0 Å². The van der Waals surface area contributed by atoms with Crippen molar-refractivity contribution >= 4 is 87.7 Å². The molecule has 0 aliphatic heterocycles. The van der Waals surface area contributed by atoms with Gasteiger partial charge in [-0.15, -0.1) is 0 Å². The van der Waals surface area contributed by atoms with Crippen molar-refractivity contribution in [2.45, 2.75) is 0 Å². The number of rotatable bonds is 2. The number of fused-ring (bicyclic) bond motifs is 12. The van der Waals surface area contributed by atoms with Crippen molar-refractivity contribution in [3.63, 3.8) is 0 Å². The minimum absolute atomic E-state index is 0.813. The Balaban J connectivity index is 1.13. The van der Waals surface area contributed by atoms with Crippen LogP contribution in [0, 0.1) is 0 Å². The minimum atomic E-state index is 0.813. The van der Waals surface area contributed by atoms with Gasteiger partial charge in [-0.1, -0.05) is 0 Å². The van der Waals surface area contributed by atoms with Gasteiger partial charge in [0.1, 0.15) is 22.3 Å². The summed E-state index contributed by atoms with van der Waals surface area (Å²) in [5, 5.41) is 6.10. The van der Waals surface area contributed by atoms with Crippen LogP contribution >= 0.6 is 0 Å². The van der Waals surface area contributed by atoms with Crippen molar-refractivity contribution in [2.24, 2.45) is 0 Å². The van der Waals surface area contributed by atoms with Crippen molar-refractivity contribution in [3.8, 4) is 11.4 Å². The second-order valence-electron chi connectivity index (χ2n) is 11.6. The highest BCUT2D eigenvalue weighted by Crippen LogP contribution is 2.40. The van der Waals surface area contributed by atoms with E-state index < -0.39 is 0 Å². The van der Waals surface area contributed by atoms with Gasteiger partial charge in [0.05, 0.1) is 33.1 Å². The zero-order valence-electron chi connectivity index (χ0n) is 24.0. The van der Waals surface area contributed by atoms with E-state index in [4.69, 9.17) is 8.83 Å². The van der Waals surface area contributed by atoms with E-state index in [1.807, 2.05) is 73.6 Å². The van der Waals surface area contributed by atoms with E-state index in [-0.39, 0.29) is 0 Å². The van der Waals surface area contributed by atoms with E-state index >= 15 is 0 Å². The number of furan rings is 2. The molecule has 0 atom stereocenters. The van der Waals surface area contributed by atoms with Crippen LogP contribution in [-0.2, 0) is 0 Å². The fraction of sp³-hybridized carbons (Fsp3) is 0. The van der Waals surface area contributed by atoms with Gasteiger partial charge in [-0.3, -0.25) is 19.9 Å². The highest BCUT2D eigenvalue weighted by Gasteiger charge is 2.19. The van der Waals surface area contributed by atoms with Crippen LogP contribution in [0.3, 0.4) is 0 Å². The van der Waals surface area contributed by atoms with E-state index in [0.717, 1.165) is 99.1 Å². The third-order valence-electron chi connectivity index (χ3n) is 9.19. The maximum atomic E-state index is 6.45. The first-order chi connectivity index (χ1) is 22.8. The second kappa shape index (κ2) is 8.55. The SMILES string of the molecule is c1cnc2c3cnccc3n(-c3ccc4oc5cc6c(cc5c4c3)oc3ccc(-n4c5ccncc5c5ncccc54)cc36)c2c1. The molecule has 46 heavy (non-hydrogen) atoms. The van der Waals surface area contributed by atoms with Gasteiger partial charge in [-0.05, 0) is 84.9 Å². The Morgan fingerprint density at radius 2 is 0.891 bits per heavy atom. The molecule has 11 rings (SSSR count). The summed E-state index contributed by atoms with van der Waals surface area (Å²) in [5.74, 6) is 0. The highest BCUT2D eigenvalue weighted by atomic mass is 16.3. The Bertz CT molecular complexity index is 2740. The van der Waals surface area contributed by atoms with Gasteiger partial charge in [0, 0.05) is 80.9 Å². The predicted molar refractivity (Wildman–Crippen MR) is 181 cm³/mol. The van der Waals surface area contributed by atoms with Crippen LogP contribution in [0.15, 0.2) is 131 Å². The topological polar surface area (TPSA) is 87.7 Å². The minimum Gasteiger partial charge on any atom is -0.456 e. The smallest absolute Gasteiger partial charge is 0.136 e. The molecule has 0 radical (unpaired) electrons. The lowest BCUT2D eigenvalue weighted by Gasteiger charge is -2.07. The molecule has 0 aliphatic rings. The molecule has 0 aliphatic carbocycles. The molecule has 8 heteroatoms. The fourth-order valence-electron chi connectivity index (χ4n) is 7.21. The predicted octanol–water partition coefficient (Wildman–Crippen LogP) is 9.26. The first-order valence-electron chi connectivity index (χ1n) is 15.0. The molecular formula is C38H20N6O2. The normalized spacial score (nSPS) is 12.3. The summed E-state index contributed by atoms with van der Waals surface area (Å²) in [6, 6.07) is 29.1. The number of aromatic nitrogens is 6. The van der Waals surface area contributed by atoms with Crippen molar-refractivity contribution in [1.29, 1.82) is 0 Å². The summed E-state index contributed by atoms with van der Waals surface area (Å²) >= 11 is 0. The standard InChI is InChI=1S/C38H20N6O2/c1-3-31-37(41-11-1)27-19-39-13-9-29(27)43(31)21-5-7-33-23(15-21)25-17-36-26(18-35(25)45-33)24-16-22(6-8-34(24)46-36)44-30-10-14-40-20-28(30)38-32(44)4-2-12-42-38/h1-20H. The van der Waals surface area contributed by atoms with Crippen LogP contribution in [0.2, 0.25) is 0 Å². The molecule has 0 amide bonds. The van der Waals surface area contributed by atoms with E-state index in [1.54, 1.807) is 0 Å². The number of hydrogen-bond donors (Lipinski definition) is 0. The van der Waals surface area contributed by atoms with Crippen LogP contribution < -0.4 is 0 Å². The Hall–Kier alpha value is -6.54. The van der Waals surface area contributed by atoms with E-state index in [9.17, 15) is 0 Å².